The molecule has 0 bridgehead atoms. The summed E-state index contributed by atoms with van der Waals surface area (Å²) in [5, 5.41) is 3.73. The van der Waals surface area contributed by atoms with Crippen LogP contribution in [0.15, 0.2) is 24.5 Å². The molecule has 0 aromatic carbocycles. The van der Waals surface area contributed by atoms with E-state index in [9.17, 15) is 0 Å². The van der Waals surface area contributed by atoms with Crippen LogP contribution in [0, 0.1) is 11.8 Å². The zero-order valence-electron chi connectivity index (χ0n) is 9.02. The van der Waals surface area contributed by atoms with Gasteiger partial charge in [0.05, 0.1) is 0 Å². The lowest BCUT2D eigenvalue weighted by Gasteiger charge is -2.18. The van der Waals surface area contributed by atoms with Crippen LogP contribution in [-0.2, 0) is 0 Å². The topological polar surface area (TPSA) is 24.9 Å². The van der Waals surface area contributed by atoms with Gasteiger partial charge in [-0.25, -0.2) is 0 Å². The normalized spacial score (nSPS) is 22.7. The summed E-state index contributed by atoms with van der Waals surface area (Å²) in [6.45, 7) is 1.21. The van der Waals surface area contributed by atoms with Gasteiger partial charge in [0.15, 0.2) is 0 Å². The smallest absolute Gasteiger partial charge is 0.0349 e. The van der Waals surface area contributed by atoms with Crippen molar-refractivity contribution in [1.82, 2.24) is 10.3 Å². The highest BCUT2D eigenvalue weighted by Gasteiger charge is 2.33. The summed E-state index contributed by atoms with van der Waals surface area (Å²) in [5.41, 5.74) is 1.42. The zero-order valence-corrected chi connectivity index (χ0v) is 9.02. The van der Waals surface area contributed by atoms with Gasteiger partial charge in [-0.3, -0.25) is 4.98 Å². The van der Waals surface area contributed by atoms with Crippen LogP contribution in [0.25, 0.3) is 0 Å². The summed E-state index contributed by atoms with van der Waals surface area (Å²) < 4.78 is 0. The van der Waals surface area contributed by atoms with Crippen molar-refractivity contribution in [3.8, 4) is 0 Å². The summed E-state index contributed by atoms with van der Waals surface area (Å²) >= 11 is 0. The second-order valence-corrected chi connectivity index (χ2v) is 4.95. The second kappa shape index (κ2) is 3.93. The molecule has 1 aromatic rings. The molecule has 15 heavy (non-hydrogen) atoms. The standard InChI is InChI=1S/C13H18N2/c1-2-10(1)9-15-13(11-3-4-11)12-5-7-14-8-6-12/h5-8,10-11,13,15H,1-4,9H2. The fraction of sp³-hybridized carbons (Fsp3) is 0.615. The molecule has 2 fully saturated rings. The average molecular weight is 202 g/mol. The average Bonchev–Trinajstić information content (AvgIpc) is 3.14. The molecule has 1 aromatic heterocycles. The van der Waals surface area contributed by atoms with E-state index >= 15 is 0 Å². The van der Waals surface area contributed by atoms with Crippen LogP contribution >= 0.6 is 0 Å². The molecule has 2 aliphatic carbocycles. The van der Waals surface area contributed by atoms with Gasteiger partial charge in [0.25, 0.3) is 0 Å². The molecule has 1 unspecified atom stereocenters. The Morgan fingerprint density at radius 3 is 2.53 bits per heavy atom. The molecule has 1 atom stereocenters. The van der Waals surface area contributed by atoms with Crippen LogP contribution in [0.5, 0.6) is 0 Å². The Hall–Kier alpha value is -0.890. The van der Waals surface area contributed by atoms with E-state index < -0.39 is 0 Å². The first kappa shape index (κ1) is 9.34. The minimum atomic E-state index is 0.591. The second-order valence-electron chi connectivity index (χ2n) is 4.95. The molecule has 2 aliphatic rings. The van der Waals surface area contributed by atoms with Crippen molar-refractivity contribution >= 4 is 0 Å². The largest absolute Gasteiger partial charge is 0.309 e. The van der Waals surface area contributed by atoms with Gasteiger partial charge in [-0.15, -0.1) is 0 Å². The van der Waals surface area contributed by atoms with Crippen LogP contribution in [0.3, 0.4) is 0 Å². The maximum atomic E-state index is 4.09. The van der Waals surface area contributed by atoms with Gasteiger partial charge in [0.1, 0.15) is 0 Å². The number of nitrogens with zero attached hydrogens (tertiary/aromatic N) is 1. The van der Waals surface area contributed by atoms with Crippen molar-refractivity contribution in [3.05, 3.63) is 30.1 Å². The van der Waals surface area contributed by atoms with Crippen molar-refractivity contribution in [2.24, 2.45) is 11.8 Å². The van der Waals surface area contributed by atoms with Gasteiger partial charge >= 0.3 is 0 Å². The fourth-order valence-electron chi connectivity index (χ4n) is 2.17. The Bertz CT molecular complexity index is 315. The van der Waals surface area contributed by atoms with Crippen molar-refractivity contribution in [3.63, 3.8) is 0 Å². The van der Waals surface area contributed by atoms with Crippen LogP contribution < -0.4 is 5.32 Å². The van der Waals surface area contributed by atoms with Crippen LogP contribution in [0.1, 0.15) is 37.3 Å². The lowest BCUT2D eigenvalue weighted by Crippen LogP contribution is -2.25. The third kappa shape index (κ3) is 2.37. The number of hydrogen-bond acceptors (Lipinski definition) is 2. The molecule has 1 heterocycles. The number of hydrogen-bond donors (Lipinski definition) is 1. The highest BCUT2D eigenvalue weighted by molar-refractivity contribution is 5.17. The van der Waals surface area contributed by atoms with Crippen molar-refractivity contribution < 1.29 is 0 Å². The fourth-order valence-corrected chi connectivity index (χ4v) is 2.17. The Balaban J connectivity index is 1.66. The van der Waals surface area contributed by atoms with Crippen molar-refractivity contribution in [2.45, 2.75) is 31.7 Å². The number of aromatic nitrogens is 1. The third-order valence-electron chi connectivity index (χ3n) is 3.48. The van der Waals surface area contributed by atoms with Crippen LogP contribution in [0.4, 0.5) is 0 Å². The van der Waals surface area contributed by atoms with E-state index in [4.69, 9.17) is 0 Å². The number of nitrogens with one attached hydrogen (secondary N) is 1. The Labute approximate surface area is 91.1 Å². The van der Waals surface area contributed by atoms with E-state index in [2.05, 4.69) is 22.4 Å². The molecule has 1 N–H and O–H groups in total. The molecule has 0 saturated heterocycles. The Morgan fingerprint density at radius 2 is 1.93 bits per heavy atom. The molecule has 0 radical (unpaired) electrons. The predicted molar refractivity (Wildman–Crippen MR) is 60.4 cm³/mol. The molecular weight excluding hydrogens is 184 g/mol. The van der Waals surface area contributed by atoms with E-state index in [1.54, 1.807) is 0 Å². The molecular formula is C13H18N2. The molecule has 2 heteroatoms. The lowest BCUT2D eigenvalue weighted by molar-refractivity contribution is 0.468. The molecule has 0 spiro atoms. The minimum absolute atomic E-state index is 0.591. The van der Waals surface area contributed by atoms with Crippen molar-refractivity contribution in [1.29, 1.82) is 0 Å². The van der Waals surface area contributed by atoms with Gasteiger partial charge in [-0.05, 0) is 61.8 Å². The quantitative estimate of drug-likeness (QED) is 0.793. The van der Waals surface area contributed by atoms with Crippen LogP contribution in [0.2, 0.25) is 0 Å². The molecule has 2 nitrogen and oxygen atoms in total. The summed E-state index contributed by atoms with van der Waals surface area (Å²) in [5.74, 6) is 1.85. The van der Waals surface area contributed by atoms with E-state index in [0.29, 0.717) is 6.04 Å². The Morgan fingerprint density at radius 1 is 1.20 bits per heavy atom. The van der Waals surface area contributed by atoms with Gasteiger partial charge < -0.3 is 5.32 Å². The summed E-state index contributed by atoms with van der Waals surface area (Å²) in [6.07, 6.45) is 9.46. The highest BCUT2D eigenvalue weighted by atomic mass is 14.9. The van der Waals surface area contributed by atoms with Gasteiger partial charge in [-0.2, -0.15) is 0 Å². The maximum absolute atomic E-state index is 4.09. The number of rotatable bonds is 5. The number of pyridine rings is 1. The Kier molecular flexibility index (Phi) is 2.45. The molecule has 0 amide bonds. The maximum Gasteiger partial charge on any atom is 0.0349 e. The zero-order chi connectivity index (χ0) is 10.1. The first-order valence-corrected chi connectivity index (χ1v) is 6.07. The van der Waals surface area contributed by atoms with Crippen molar-refractivity contribution in [2.75, 3.05) is 6.54 Å². The first-order valence-electron chi connectivity index (χ1n) is 6.07. The first-order chi connectivity index (χ1) is 7.43. The van der Waals surface area contributed by atoms with Gasteiger partial charge in [0, 0.05) is 18.4 Å². The van der Waals surface area contributed by atoms with Gasteiger partial charge in [-0.1, -0.05) is 0 Å². The minimum Gasteiger partial charge on any atom is -0.309 e. The molecule has 3 rings (SSSR count). The monoisotopic (exact) mass is 202 g/mol. The highest BCUT2D eigenvalue weighted by Crippen LogP contribution is 2.41. The predicted octanol–water partition coefficient (Wildman–Crippen LogP) is 2.53. The SMILES string of the molecule is c1cc(C(NCC2CC2)C2CC2)ccn1. The third-order valence-corrected chi connectivity index (χ3v) is 3.48. The summed E-state index contributed by atoms with van der Waals surface area (Å²) in [6, 6.07) is 4.90. The van der Waals surface area contributed by atoms with E-state index in [1.165, 1.54) is 37.8 Å². The van der Waals surface area contributed by atoms with E-state index in [-0.39, 0.29) is 0 Å². The summed E-state index contributed by atoms with van der Waals surface area (Å²) in [7, 11) is 0. The van der Waals surface area contributed by atoms with Gasteiger partial charge in [0.2, 0.25) is 0 Å². The van der Waals surface area contributed by atoms with E-state index in [0.717, 1.165) is 11.8 Å². The molecule has 0 aliphatic heterocycles. The lowest BCUT2D eigenvalue weighted by atomic mass is 10.0. The molecule has 80 valence electrons. The summed E-state index contributed by atoms with van der Waals surface area (Å²) in [4.78, 5) is 4.09. The van der Waals surface area contributed by atoms with E-state index in [1.807, 2.05) is 12.4 Å². The molecule has 2 saturated carbocycles. The van der Waals surface area contributed by atoms with Crippen LogP contribution in [-0.4, -0.2) is 11.5 Å².